The number of aromatic amines is 5. The number of benzene rings is 10. The zero-order chi connectivity index (χ0) is 135. The summed E-state index contributed by atoms with van der Waals surface area (Å²) in [5.41, 5.74) is -2.19. The average molecular weight is 1990 g/mol. The normalized spacial score (nSPS) is 33.2. The second-order valence-electron chi connectivity index (χ2n) is 34.4. The lowest BCUT2D eigenvalue weighted by atomic mass is 9.86. The minimum absolute atomic E-state index is 0.00758. The first kappa shape index (κ1) is 54.6. The Labute approximate surface area is 884 Å². The molecule has 5 saturated heterocycles. The van der Waals surface area contributed by atoms with E-state index in [-0.39, 0.29) is 114 Å². The number of nitrogens with zero attached hydrogens (tertiary/aromatic N) is 10. The number of hydrogen-bond donors (Lipinski definition) is 5. The van der Waals surface area contributed by atoms with Crippen LogP contribution in [-0.2, 0) is 79.8 Å². The van der Waals surface area contributed by atoms with Gasteiger partial charge in [0.1, 0.15) is 38.4 Å². The molecule has 15 aromatic rings. The Balaban J connectivity index is 0.000000111. The summed E-state index contributed by atoms with van der Waals surface area (Å²) in [6, 6.07) is 1.50. The van der Waals surface area contributed by atoms with Crippen molar-refractivity contribution in [1.82, 2.24) is 73.9 Å². The van der Waals surface area contributed by atoms with Crippen molar-refractivity contribution < 1.29 is 152 Å². The molecule has 15 aliphatic rings. The Morgan fingerprint density at radius 2 is 0.552 bits per heavy atom. The summed E-state index contributed by atoms with van der Waals surface area (Å²) in [5, 5.41) is 0.610. The minimum atomic E-state index is -2.92. The Morgan fingerprint density at radius 3 is 0.917 bits per heavy atom. The summed E-state index contributed by atoms with van der Waals surface area (Å²) in [6.45, 7) is -17.7. The van der Waals surface area contributed by atoms with E-state index in [9.17, 15) is 54.8 Å². The lowest BCUT2D eigenvalue weighted by molar-refractivity contribution is -0.157. The number of aromatic nitrogens is 5. The maximum atomic E-state index is 13.7. The Hall–Kier alpha value is -17.4. The van der Waals surface area contributed by atoms with Crippen LogP contribution in [0, 0.1) is 0 Å². The van der Waals surface area contributed by atoms with E-state index in [2.05, 4.69) is 24.9 Å². The third kappa shape index (κ3) is 14.2. The molecule has 30 rings (SSSR count). The monoisotopic (exact) mass is 1990 g/mol. The van der Waals surface area contributed by atoms with Crippen LogP contribution in [-0.4, -0.2) is 265 Å². The Morgan fingerprint density at radius 1 is 0.276 bits per heavy atom. The highest BCUT2D eigenvalue weighted by molar-refractivity contribution is 6.03. The van der Waals surface area contributed by atoms with Crippen molar-refractivity contribution in [3.63, 3.8) is 0 Å². The molecule has 0 bridgehead atoms. The van der Waals surface area contributed by atoms with Crippen LogP contribution in [0.1, 0.15) is 170 Å². The summed E-state index contributed by atoms with van der Waals surface area (Å²) in [4.78, 5) is 157. The maximum Gasteiger partial charge on any atom is 0.245 e. The molecule has 20 heterocycles. The van der Waals surface area contributed by atoms with E-state index in [1.807, 2.05) is 0 Å². The van der Waals surface area contributed by atoms with Gasteiger partial charge in [-0.15, -0.1) is 0 Å². The molecule has 0 unspecified atom stereocenters. The van der Waals surface area contributed by atoms with Crippen molar-refractivity contribution in [2.75, 3.05) is 102 Å². The highest BCUT2D eigenvalue weighted by Gasteiger charge is 2.55. The number of carbonyl (C=O) groups is 10. The molecule has 35 nitrogen and oxygen atoms in total. The highest BCUT2D eigenvalue weighted by atomic mass is 16.7. The molecule has 10 amide bonds. The number of rotatable bonds is 5. The smallest absolute Gasteiger partial charge is 0.245 e. The SMILES string of the molecule is [2H]C1([2H])Oc2ccc([C@]3([2H])c4[nH]c5ccccc5c4C([2H])([2H])[C@@H]4C(=O)N(C)C([2H])([2H])C(=O)N43)cc2O1.[2H]C1([2H])c2c([nH]c3ccccc23)[C@@]([2H])(c2ccc3c(c2)OCO3)N2C(=O)C([2H])([2H])N(C)C(=O)[C@H]21.[2H]c1c([2H])c([2H])c2c3c([nH]c2c1[2H])[C@@]([2H])(c1ccc2c(c1)OCO2)N1C(=O)C([2H])([2H])N(C)C(=O)[C@H]1C3([2H])[2H].[2H]c1c([2H])c([C@]2([2H])c3[nH]c4c([2H])c([2H])c([2H])c([2H])c4c3C([2H])([2H])[C@@H]3C(=O)N(C)CC(=O)N32)c([2H])c2c1OC([2H])([2H])O2.[2H]c1c([2H])c([C@]2([2H])c3[nH]c4ccccc4c3C([2H])([2H])[C@@H]3C(=O)N(C)CC(=O)N32)c([2H])c2c1OC([2H])([2H])O2. The van der Waals surface area contributed by atoms with Crippen molar-refractivity contribution in [2.24, 2.45) is 0 Å². The Bertz CT molecular complexity index is 10500. The molecule has 10 atom stereocenters. The van der Waals surface area contributed by atoms with Crippen LogP contribution in [0.5, 0.6) is 57.5 Å². The van der Waals surface area contributed by atoms with Gasteiger partial charge in [-0.1, -0.05) is 121 Å². The lowest BCUT2D eigenvalue weighted by Gasteiger charge is -2.46. The van der Waals surface area contributed by atoms with E-state index in [1.54, 1.807) is 84.9 Å². The minimum Gasteiger partial charge on any atom is -0.454 e. The second kappa shape index (κ2) is 33.9. The Kier molecular flexibility index (Phi) is 12.8. The molecule has 145 heavy (non-hydrogen) atoms. The molecule has 10 aromatic carbocycles. The number of hydrogen-bond acceptors (Lipinski definition) is 20. The van der Waals surface area contributed by atoms with Crippen LogP contribution < -0.4 is 47.4 Å². The molecule has 0 saturated carbocycles. The summed E-state index contributed by atoms with van der Waals surface area (Å²) in [7, 11) is 5.83. The third-order valence-electron chi connectivity index (χ3n) is 26.1. The van der Waals surface area contributed by atoms with Gasteiger partial charge < -0.3 is 121 Å². The van der Waals surface area contributed by atoms with Crippen molar-refractivity contribution >= 4 is 114 Å². The number of amides is 10. The first-order valence-corrected chi connectivity index (χ1v) is 44.4. The highest BCUT2D eigenvalue weighted by Crippen LogP contribution is 2.53. The van der Waals surface area contributed by atoms with Gasteiger partial charge in [-0.05, 0) is 146 Å². The molecule has 15 aliphatic heterocycles. The summed E-state index contributed by atoms with van der Waals surface area (Å²) in [5.74, 6) is -11.2. The maximum absolute atomic E-state index is 13.7. The topological polar surface area (TPSA) is 374 Å². The zero-order valence-electron chi connectivity index (χ0n) is 116. The number of nitrogens with one attached hydrogen (secondary N) is 5. The number of ether oxygens (including phenoxy) is 10. The number of likely N-dealkylation sites (N-methyl/N-ethyl adjacent to an activating group) is 5. The van der Waals surface area contributed by atoms with Crippen LogP contribution in [0.25, 0.3) is 54.5 Å². The van der Waals surface area contributed by atoms with Crippen molar-refractivity contribution in [1.29, 1.82) is 0 Å². The predicted octanol–water partition coefficient (Wildman–Crippen LogP) is 11.1. The third-order valence-corrected chi connectivity index (χ3v) is 26.1. The van der Waals surface area contributed by atoms with Gasteiger partial charge in [0.15, 0.2) is 57.5 Å². The van der Waals surface area contributed by atoms with E-state index in [4.69, 9.17) is 96.7 Å². The van der Waals surface area contributed by atoms with Gasteiger partial charge >= 0.3 is 0 Å². The van der Waals surface area contributed by atoms with Gasteiger partial charge in [-0.2, -0.15) is 0 Å². The van der Waals surface area contributed by atoms with Gasteiger partial charge in [-0.3, -0.25) is 47.9 Å². The molecule has 0 aliphatic carbocycles. The van der Waals surface area contributed by atoms with E-state index in [0.717, 1.165) is 40.7 Å². The number of para-hydroxylation sites is 5. The number of piperazine rings is 5. The molecule has 730 valence electrons. The van der Waals surface area contributed by atoms with E-state index >= 15 is 0 Å². The largest absolute Gasteiger partial charge is 0.454 e. The van der Waals surface area contributed by atoms with Crippen molar-refractivity contribution in [3.8, 4) is 57.5 Å². The van der Waals surface area contributed by atoms with Crippen LogP contribution >= 0.6 is 0 Å². The quantitative estimate of drug-likeness (QED) is 0.107. The number of H-pyrrole nitrogens is 5. The first-order valence-electron chi connectivity index (χ1n) is 64.9. The molecule has 0 spiro atoms. The fraction of sp³-hybridized carbons (Fsp3) is 0.273. The van der Waals surface area contributed by atoms with Gasteiger partial charge in [0.2, 0.25) is 92.9 Å². The van der Waals surface area contributed by atoms with Gasteiger partial charge in [0.05, 0.1) is 96.9 Å². The average Bonchev–Trinajstić information content (AvgIpc) is 1.42. The first-order chi connectivity index (χ1) is 86.5. The van der Waals surface area contributed by atoms with Crippen molar-refractivity contribution in [2.45, 2.75) is 92.2 Å². The fourth-order valence-electron chi connectivity index (χ4n) is 19.5. The van der Waals surface area contributed by atoms with Gasteiger partial charge in [0, 0.05) is 164 Å². The predicted molar refractivity (Wildman–Crippen MR) is 523 cm³/mol. The fourth-order valence-corrected chi connectivity index (χ4v) is 19.5. The summed E-state index contributed by atoms with van der Waals surface area (Å²) < 4.78 is 405. The summed E-state index contributed by atoms with van der Waals surface area (Å²) in [6.07, 6.45) is -13.0. The molecule has 5 N–H and O–H groups in total. The van der Waals surface area contributed by atoms with Crippen LogP contribution in [0.2, 0.25) is 0 Å². The molecule has 35 heteroatoms. The number of carbonyl (C=O) groups excluding carboxylic acids is 10. The molecular formula is C110H95N15O20. The molecule has 5 aromatic heterocycles. The second-order valence-corrected chi connectivity index (χ2v) is 34.4. The van der Waals surface area contributed by atoms with Crippen LogP contribution in [0.4, 0.5) is 0 Å². The summed E-state index contributed by atoms with van der Waals surface area (Å²) >= 11 is 0. The van der Waals surface area contributed by atoms with Gasteiger partial charge in [0.25, 0.3) is 0 Å². The van der Waals surface area contributed by atoms with Crippen LogP contribution in [0.15, 0.2) is 212 Å². The van der Waals surface area contributed by atoms with E-state index in [1.165, 1.54) is 56.6 Å². The van der Waals surface area contributed by atoms with Crippen molar-refractivity contribution in [3.05, 3.63) is 296 Å². The molecule has 5 fully saturated rings. The molecular weight excluding hydrogens is 1850 g/mol. The number of fused-ring (bicyclic) bond motifs is 25. The van der Waals surface area contributed by atoms with Crippen LogP contribution in [0.3, 0.4) is 0 Å². The zero-order valence-corrected chi connectivity index (χ0v) is 75.5. The molecule has 0 radical (unpaired) electrons. The standard InChI is InChI=1S/5C22H19N3O4/c5*1-24-10-19(26)25-16(22(24)27)9-14-13-4-2-3-5-15(13)23-20(14)21(25)12-6-7-17-18(8-12)29-11-28-17/h5*2-8,16,21,23H,9-11H2,1H3/t5*16-,21-/m11111/s1/i2D,3D,4D,5D,6D,7D,8D,9D2,11D2,21D;2D,3D,4D,5D,9D2,10D2,21D;6D,7D,8D,9D2,11D2,21D;9D2,10D2,11D2,21D;9D2,10D2,21D. The van der Waals surface area contributed by atoms with E-state index < -0.39 is 334 Å². The van der Waals surface area contributed by atoms with E-state index in [0.29, 0.717) is 79.4 Å². The lowest BCUT2D eigenvalue weighted by Crippen LogP contribution is -2.62. The van der Waals surface area contributed by atoms with Gasteiger partial charge in [-0.25, -0.2) is 0 Å².